The van der Waals surface area contributed by atoms with Crippen LogP contribution >= 0.6 is 23.3 Å². The fourth-order valence-electron chi connectivity index (χ4n) is 1.28. The van der Waals surface area contributed by atoms with E-state index in [9.17, 15) is 0 Å². The Morgan fingerprint density at radius 3 is 3.00 bits per heavy atom. The summed E-state index contributed by atoms with van der Waals surface area (Å²) < 4.78 is 9.83. The molecule has 0 aliphatic heterocycles. The zero-order valence-electron chi connectivity index (χ0n) is 10.00. The van der Waals surface area contributed by atoms with E-state index in [1.165, 1.54) is 23.3 Å². The molecule has 0 fully saturated rings. The number of hydrogen-bond acceptors (Lipinski definition) is 7. The molecule has 18 heavy (non-hydrogen) atoms. The van der Waals surface area contributed by atoms with Crippen LogP contribution in [-0.2, 0) is 11.3 Å². The molecule has 0 amide bonds. The van der Waals surface area contributed by atoms with Crippen molar-refractivity contribution in [2.45, 2.75) is 15.9 Å². The lowest BCUT2D eigenvalue weighted by Gasteiger charge is -2.04. The van der Waals surface area contributed by atoms with Crippen LogP contribution in [0.25, 0.3) is 0 Å². The van der Waals surface area contributed by atoms with E-state index in [1.54, 1.807) is 13.4 Å². The summed E-state index contributed by atoms with van der Waals surface area (Å²) in [4.78, 5) is 8.49. The molecule has 0 bridgehead atoms. The van der Waals surface area contributed by atoms with Crippen LogP contribution in [0.5, 0.6) is 0 Å². The first-order valence-electron chi connectivity index (χ1n) is 5.47. The van der Waals surface area contributed by atoms with Gasteiger partial charge in [-0.05, 0) is 34.9 Å². The summed E-state index contributed by atoms with van der Waals surface area (Å²) in [5.74, 6) is 0. The van der Waals surface area contributed by atoms with E-state index in [4.69, 9.17) is 4.74 Å². The topological polar surface area (TPSA) is 59.9 Å². The number of methoxy groups -OCH3 is 1. The highest BCUT2D eigenvalue weighted by molar-refractivity contribution is 8.00. The maximum atomic E-state index is 4.96. The predicted octanol–water partition coefficient (Wildman–Crippen LogP) is 1.82. The first-order valence-corrected chi connectivity index (χ1v) is 7.06. The Kier molecular flexibility index (Phi) is 5.53. The minimum atomic E-state index is 0.721. The summed E-state index contributed by atoms with van der Waals surface area (Å²) in [7, 11) is 1.70. The molecule has 96 valence electrons. The van der Waals surface area contributed by atoms with Gasteiger partial charge in [0.2, 0.25) is 0 Å². The molecular formula is C11H14N4OS2. The number of nitrogens with zero attached hydrogens (tertiary/aromatic N) is 3. The zero-order chi connectivity index (χ0) is 12.6. The number of nitrogens with one attached hydrogen (secondary N) is 1. The van der Waals surface area contributed by atoms with Gasteiger partial charge in [-0.3, -0.25) is 0 Å². The summed E-state index contributed by atoms with van der Waals surface area (Å²) >= 11 is 2.91. The Balaban J connectivity index is 1.82. The van der Waals surface area contributed by atoms with E-state index in [2.05, 4.69) is 25.7 Å². The maximum Gasteiger partial charge on any atom is 0.175 e. The molecule has 0 aliphatic rings. The Hall–Kier alpha value is -1.02. The Labute approximate surface area is 114 Å². The number of aromatic nitrogens is 3. The second-order valence-corrected chi connectivity index (χ2v) is 5.53. The second kappa shape index (κ2) is 7.42. The van der Waals surface area contributed by atoms with Gasteiger partial charge in [-0.15, -0.1) is 0 Å². The van der Waals surface area contributed by atoms with Gasteiger partial charge >= 0.3 is 0 Å². The van der Waals surface area contributed by atoms with Gasteiger partial charge in [-0.1, -0.05) is 6.07 Å². The van der Waals surface area contributed by atoms with Crippen LogP contribution in [0.15, 0.2) is 34.0 Å². The Bertz CT molecular complexity index is 447. The van der Waals surface area contributed by atoms with Crippen molar-refractivity contribution in [3.8, 4) is 0 Å². The van der Waals surface area contributed by atoms with E-state index < -0.39 is 0 Å². The molecule has 0 atom stereocenters. The van der Waals surface area contributed by atoms with Crippen molar-refractivity contribution >= 4 is 23.3 Å². The summed E-state index contributed by atoms with van der Waals surface area (Å²) in [5, 5.41) is 4.21. The van der Waals surface area contributed by atoms with E-state index in [1.807, 2.05) is 12.3 Å². The molecule has 0 spiro atoms. The van der Waals surface area contributed by atoms with E-state index >= 15 is 0 Å². The molecule has 7 heteroatoms. The Morgan fingerprint density at radius 1 is 1.39 bits per heavy atom. The monoisotopic (exact) mass is 282 g/mol. The molecule has 0 aliphatic carbocycles. The van der Waals surface area contributed by atoms with Gasteiger partial charge in [0, 0.05) is 26.4 Å². The smallest absolute Gasteiger partial charge is 0.175 e. The lowest BCUT2D eigenvalue weighted by molar-refractivity contribution is 0.199. The quantitative estimate of drug-likeness (QED) is 0.782. The predicted molar refractivity (Wildman–Crippen MR) is 71.9 cm³/mol. The van der Waals surface area contributed by atoms with Crippen molar-refractivity contribution in [1.82, 2.24) is 19.7 Å². The average Bonchev–Trinajstić information content (AvgIpc) is 2.89. The van der Waals surface area contributed by atoms with Crippen molar-refractivity contribution in [3.05, 3.63) is 30.2 Å². The maximum absolute atomic E-state index is 4.96. The molecule has 1 N–H and O–H groups in total. The third kappa shape index (κ3) is 4.34. The summed E-state index contributed by atoms with van der Waals surface area (Å²) in [6, 6.07) is 4.07. The van der Waals surface area contributed by atoms with Gasteiger partial charge < -0.3 is 10.1 Å². The van der Waals surface area contributed by atoms with Crippen molar-refractivity contribution in [3.63, 3.8) is 0 Å². The minimum Gasteiger partial charge on any atom is -0.383 e. The molecule has 0 saturated carbocycles. The van der Waals surface area contributed by atoms with Crippen molar-refractivity contribution in [1.29, 1.82) is 0 Å². The van der Waals surface area contributed by atoms with E-state index in [-0.39, 0.29) is 0 Å². The molecular weight excluding hydrogens is 268 g/mol. The Morgan fingerprint density at radius 2 is 2.33 bits per heavy atom. The summed E-state index contributed by atoms with van der Waals surface area (Å²) in [6.07, 6.45) is 3.43. The van der Waals surface area contributed by atoms with Crippen LogP contribution in [-0.4, -0.2) is 34.6 Å². The number of pyridine rings is 1. The van der Waals surface area contributed by atoms with Gasteiger partial charge in [-0.2, -0.15) is 4.37 Å². The standard InChI is InChI=1S/C11H14N4OS2/c1-16-5-4-12-6-9-2-3-10(13-7-9)17-11-14-8-15-18-11/h2-3,7-8,12H,4-6H2,1H3. The van der Waals surface area contributed by atoms with Gasteiger partial charge in [0.15, 0.2) is 4.34 Å². The van der Waals surface area contributed by atoms with Crippen LogP contribution in [0, 0.1) is 0 Å². The molecule has 0 unspecified atom stereocenters. The van der Waals surface area contributed by atoms with Gasteiger partial charge in [0.25, 0.3) is 0 Å². The molecule has 2 aromatic heterocycles. The highest BCUT2D eigenvalue weighted by atomic mass is 32.2. The summed E-state index contributed by atoms with van der Waals surface area (Å²) in [5.41, 5.74) is 1.16. The molecule has 5 nitrogen and oxygen atoms in total. The number of ether oxygens (including phenoxy) is 1. The fourth-order valence-corrected chi connectivity index (χ4v) is 2.61. The van der Waals surface area contributed by atoms with Crippen LogP contribution in [0.4, 0.5) is 0 Å². The van der Waals surface area contributed by atoms with E-state index in [0.717, 1.165) is 34.6 Å². The van der Waals surface area contributed by atoms with Crippen molar-refractivity contribution < 1.29 is 4.74 Å². The van der Waals surface area contributed by atoms with Gasteiger partial charge in [-0.25, -0.2) is 9.97 Å². The lowest BCUT2D eigenvalue weighted by atomic mass is 10.3. The normalized spacial score (nSPS) is 10.7. The molecule has 0 saturated heterocycles. The van der Waals surface area contributed by atoms with E-state index in [0.29, 0.717) is 0 Å². The average molecular weight is 282 g/mol. The summed E-state index contributed by atoms with van der Waals surface area (Å²) in [6.45, 7) is 2.37. The van der Waals surface area contributed by atoms with Crippen molar-refractivity contribution in [2.75, 3.05) is 20.3 Å². The zero-order valence-corrected chi connectivity index (χ0v) is 11.6. The minimum absolute atomic E-state index is 0.721. The van der Waals surface area contributed by atoms with Crippen LogP contribution in [0.1, 0.15) is 5.56 Å². The number of rotatable bonds is 7. The lowest BCUT2D eigenvalue weighted by Crippen LogP contribution is -2.18. The van der Waals surface area contributed by atoms with Crippen LogP contribution in [0.2, 0.25) is 0 Å². The molecule has 0 aromatic carbocycles. The first-order chi connectivity index (χ1) is 8.88. The van der Waals surface area contributed by atoms with Gasteiger partial charge in [0.1, 0.15) is 11.4 Å². The van der Waals surface area contributed by atoms with Crippen LogP contribution < -0.4 is 5.32 Å². The number of hydrogen-bond donors (Lipinski definition) is 1. The second-order valence-electron chi connectivity index (χ2n) is 3.48. The fraction of sp³-hybridized carbons (Fsp3) is 0.364. The third-order valence-corrected chi connectivity index (χ3v) is 3.81. The SMILES string of the molecule is COCCNCc1ccc(Sc2ncns2)nc1. The molecule has 2 heterocycles. The molecule has 2 aromatic rings. The largest absolute Gasteiger partial charge is 0.383 e. The van der Waals surface area contributed by atoms with Gasteiger partial charge in [0.05, 0.1) is 6.61 Å². The van der Waals surface area contributed by atoms with Crippen molar-refractivity contribution in [2.24, 2.45) is 0 Å². The molecule has 0 radical (unpaired) electrons. The van der Waals surface area contributed by atoms with Crippen LogP contribution in [0.3, 0.4) is 0 Å². The highest BCUT2D eigenvalue weighted by Gasteiger charge is 2.02. The first kappa shape index (κ1) is 13.4. The molecule has 2 rings (SSSR count). The highest BCUT2D eigenvalue weighted by Crippen LogP contribution is 2.26. The third-order valence-electron chi connectivity index (χ3n) is 2.14.